The zero-order chi connectivity index (χ0) is 10.1. The number of hydrogen-bond donors (Lipinski definition) is 1. The lowest BCUT2D eigenvalue weighted by molar-refractivity contribution is 0.419. The maximum Gasteiger partial charge on any atom is 0.209 e. The minimum absolute atomic E-state index is 0.0873. The van der Waals surface area contributed by atoms with Gasteiger partial charge < -0.3 is 5.11 Å². The van der Waals surface area contributed by atoms with Crippen LogP contribution >= 0.6 is 0 Å². The Labute approximate surface area is 80.4 Å². The van der Waals surface area contributed by atoms with Crippen LogP contribution in [0.4, 0.5) is 4.39 Å². The molecule has 0 spiro atoms. The van der Waals surface area contributed by atoms with Gasteiger partial charge in [0, 0.05) is 18.7 Å². The summed E-state index contributed by atoms with van der Waals surface area (Å²) in [5, 5.41) is 13.3. The maximum atomic E-state index is 12.6. The SMILES string of the molecule is Cn1nc(-c2ccc(F)cc2)cc1O. The van der Waals surface area contributed by atoms with Crippen LogP contribution in [0.15, 0.2) is 30.3 Å². The van der Waals surface area contributed by atoms with Crippen LogP contribution in [0.25, 0.3) is 11.3 Å². The highest BCUT2D eigenvalue weighted by Crippen LogP contribution is 2.21. The van der Waals surface area contributed by atoms with Crippen LogP contribution in [0, 0.1) is 5.82 Å². The molecule has 0 bridgehead atoms. The molecule has 0 fully saturated rings. The van der Waals surface area contributed by atoms with E-state index in [1.807, 2.05) is 0 Å². The van der Waals surface area contributed by atoms with Crippen molar-refractivity contribution in [1.29, 1.82) is 0 Å². The van der Waals surface area contributed by atoms with E-state index in [2.05, 4.69) is 5.10 Å². The Bertz CT molecular complexity index is 428. The van der Waals surface area contributed by atoms with E-state index in [4.69, 9.17) is 0 Å². The van der Waals surface area contributed by atoms with Gasteiger partial charge in [-0.05, 0) is 24.3 Å². The summed E-state index contributed by atoms with van der Waals surface area (Å²) in [6.45, 7) is 0. The number of aryl methyl sites for hydroxylation is 1. The lowest BCUT2D eigenvalue weighted by Gasteiger charge is -1.94. The summed E-state index contributed by atoms with van der Waals surface area (Å²) < 4.78 is 14.0. The van der Waals surface area contributed by atoms with Crippen LogP contribution in [0.2, 0.25) is 0 Å². The Balaban J connectivity index is 2.44. The molecule has 2 rings (SSSR count). The fourth-order valence-corrected chi connectivity index (χ4v) is 1.22. The molecule has 0 unspecified atom stereocenters. The van der Waals surface area contributed by atoms with E-state index < -0.39 is 0 Å². The van der Waals surface area contributed by atoms with Gasteiger partial charge in [-0.2, -0.15) is 5.10 Å². The molecule has 4 heteroatoms. The summed E-state index contributed by atoms with van der Waals surface area (Å²) in [6, 6.07) is 7.50. The molecule has 0 aliphatic carbocycles. The summed E-state index contributed by atoms with van der Waals surface area (Å²) in [5.41, 5.74) is 1.41. The number of halogens is 1. The minimum Gasteiger partial charge on any atom is -0.493 e. The van der Waals surface area contributed by atoms with Gasteiger partial charge in [-0.25, -0.2) is 9.07 Å². The van der Waals surface area contributed by atoms with Gasteiger partial charge in [0.05, 0.1) is 5.69 Å². The molecule has 1 heterocycles. The molecule has 0 saturated heterocycles. The first kappa shape index (κ1) is 8.74. The number of aromatic nitrogens is 2. The molecule has 0 amide bonds. The van der Waals surface area contributed by atoms with E-state index in [1.165, 1.54) is 22.9 Å². The second kappa shape index (κ2) is 3.14. The van der Waals surface area contributed by atoms with Gasteiger partial charge in [-0.3, -0.25) is 0 Å². The van der Waals surface area contributed by atoms with E-state index in [0.29, 0.717) is 5.69 Å². The van der Waals surface area contributed by atoms with Crippen LogP contribution in [-0.4, -0.2) is 14.9 Å². The Kier molecular flexibility index (Phi) is 1.96. The van der Waals surface area contributed by atoms with Crippen molar-refractivity contribution in [3.8, 4) is 17.1 Å². The molecule has 0 aliphatic rings. The molecule has 0 atom stereocenters. The van der Waals surface area contributed by atoms with Crippen LogP contribution in [0.3, 0.4) is 0 Å². The molecule has 0 radical (unpaired) electrons. The first-order valence-electron chi connectivity index (χ1n) is 4.16. The van der Waals surface area contributed by atoms with Crippen LogP contribution in [0.1, 0.15) is 0 Å². The summed E-state index contributed by atoms with van der Waals surface area (Å²) >= 11 is 0. The smallest absolute Gasteiger partial charge is 0.209 e. The summed E-state index contributed by atoms with van der Waals surface area (Å²) in [6.07, 6.45) is 0. The van der Waals surface area contributed by atoms with E-state index in [0.717, 1.165) is 5.56 Å². The lowest BCUT2D eigenvalue weighted by atomic mass is 10.1. The van der Waals surface area contributed by atoms with Gasteiger partial charge >= 0.3 is 0 Å². The molecule has 72 valence electrons. The van der Waals surface area contributed by atoms with Crippen molar-refractivity contribution in [2.45, 2.75) is 0 Å². The predicted octanol–water partition coefficient (Wildman–Crippen LogP) is 1.93. The van der Waals surface area contributed by atoms with E-state index in [-0.39, 0.29) is 11.7 Å². The van der Waals surface area contributed by atoms with Crippen molar-refractivity contribution in [2.24, 2.45) is 7.05 Å². The van der Waals surface area contributed by atoms with E-state index >= 15 is 0 Å². The molecule has 0 aliphatic heterocycles. The average Bonchev–Trinajstić information content (AvgIpc) is 2.48. The molecule has 3 nitrogen and oxygen atoms in total. The van der Waals surface area contributed by atoms with Gasteiger partial charge in [0.25, 0.3) is 0 Å². The second-order valence-corrected chi connectivity index (χ2v) is 3.02. The number of aromatic hydroxyl groups is 1. The van der Waals surface area contributed by atoms with Crippen molar-refractivity contribution in [1.82, 2.24) is 9.78 Å². The first-order valence-corrected chi connectivity index (χ1v) is 4.16. The van der Waals surface area contributed by atoms with Gasteiger partial charge in [-0.1, -0.05) is 0 Å². The molecule has 1 aromatic carbocycles. The number of hydrogen-bond acceptors (Lipinski definition) is 2. The van der Waals surface area contributed by atoms with Crippen molar-refractivity contribution in [3.05, 3.63) is 36.1 Å². The largest absolute Gasteiger partial charge is 0.493 e. The van der Waals surface area contributed by atoms with E-state index in [1.54, 1.807) is 19.2 Å². The number of nitrogens with zero attached hydrogens (tertiary/aromatic N) is 2. The topological polar surface area (TPSA) is 38.0 Å². The highest BCUT2D eigenvalue weighted by atomic mass is 19.1. The summed E-state index contributed by atoms with van der Waals surface area (Å²) in [5.74, 6) is -0.196. The third-order valence-electron chi connectivity index (χ3n) is 2.00. The van der Waals surface area contributed by atoms with Crippen molar-refractivity contribution >= 4 is 0 Å². The molecule has 1 N–H and O–H groups in total. The maximum absolute atomic E-state index is 12.6. The highest BCUT2D eigenvalue weighted by Gasteiger charge is 2.05. The van der Waals surface area contributed by atoms with Gasteiger partial charge in [0.15, 0.2) is 0 Å². The molecule has 14 heavy (non-hydrogen) atoms. The molecule has 2 aromatic rings. The van der Waals surface area contributed by atoms with Crippen molar-refractivity contribution < 1.29 is 9.50 Å². The van der Waals surface area contributed by atoms with Gasteiger partial charge in [-0.15, -0.1) is 0 Å². The summed E-state index contributed by atoms with van der Waals surface area (Å²) in [7, 11) is 1.64. The second-order valence-electron chi connectivity index (χ2n) is 3.02. The van der Waals surface area contributed by atoms with Crippen molar-refractivity contribution in [3.63, 3.8) is 0 Å². The fraction of sp³-hybridized carbons (Fsp3) is 0.100. The third-order valence-corrected chi connectivity index (χ3v) is 2.00. The van der Waals surface area contributed by atoms with Crippen LogP contribution in [-0.2, 0) is 7.05 Å². The quantitative estimate of drug-likeness (QED) is 0.749. The minimum atomic E-state index is -0.283. The third kappa shape index (κ3) is 1.46. The number of benzene rings is 1. The molecular formula is C10H9FN2O. The molecule has 0 saturated carbocycles. The first-order chi connectivity index (χ1) is 6.66. The standard InChI is InChI=1S/C10H9FN2O/c1-13-10(14)6-9(12-13)7-2-4-8(11)5-3-7/h2-6,14H,1H3. The van der Waals surface area contributed by atoms with Gasteiger partial charge in [0.1, 0.15) is 5.82 Å². The summed E-state index contributed by atoms with van der Waals surface area (Å²) in [4.78, 5) is 0. The molecular weight excluding hydrogens is 183 g/mol. The molecule has 1 aromatic heterocycles. The zero-order valence-electron chi connectivity index (χ0n) is 7.61. The van der Waals surface area contributed by atoms with Crippen LogP contribution in [0.5, 0.6) is 5.88 Å². The highest BCUT2D eigenvalue weighted by molar-refractivity contribution is 5.59. The van der Waals surface area contributed by atoms with Crippen LogP contribution < -0.4 is 0 Å². The number of rotatable bonds is 1. The fourth-order valence-electron chi connectivity index (χ4n) is 1.22. The Hall–Kier alpha value is -1.84. The van der Waals surface area contributed by atoms with Crippen molar-refractivity contribution in [2.75, 3.05) is 0 Å². The van der Waals surface area contributed by atoms with E-state index in [9.17, 15) is 9.50 Å². The average molecular weight is 192 g/mol. The Morgan fingerprint density at radius 1 is 1.29 bits per heavy atom. The Morgan fingerprint density at radius 3 is 2.43 bits per heavy atom. The Morgan fingerprint density at radius 2 is 1.93 bits per heavy atom. The lowest BCUT2D eigenvalue weighted by Crippen LogP contribution is -1.89. The normalized spacial score (nSPS) is 10.4. The monoisotopic (exact) mass is 192 g/mol. The van der Waals surface area contributed by atoms with Gasteiger partial charge in [0.2, 0.25) is 5.88 Å². The predicted molar refractivity (Wildman–Crippen MR) is 50.3 cm³/mol. The zero-order valence-corrected chi connectivity index (χ0v) is 7.61.